The molecule has 1 N–H and O–H groups in total. The van der Waals surface area contributed by atoms with Crippen LogP contribution >= 0.6 is 0 Å². The maximum atomic E-state index is 5.40. The number of hydrogen-bond acceptors (Lipinski definition) is 5. The first-order valence-electron chi connectivity index (χ1n) is 7.60. The Balaban J connectivity index is 1.62. The van der Waals surface area contributed by atoms with Gasteiger partial charge in [0.15, 0.2) is 0 Å². The summed E-state index contributed by atoms with van der Waals surface area (Å²) in [5.41, 5.74) is 0.999. The molecule has 112 valence electrons. The number of piperidine rings is 1. The Kier molecular flexibility index (Phi) is 4.62. The molecule has 0 spiro atoms. The molecule has 1 aliphatic rings. The van der Waals surface area contributed by atoms with Crippen molar-refractivity contribution in [2.45, 2.75) is 19.4 Å². The van der Waals surface area contributed by atoms with Crippen molar-refractivity contribution >= 4 is 0 Å². The van der Waals surface area contributed by atoms with Gasteiger partial charge in [0.2, 0.25) is 11.7 Å². The van der Waals surface area contributed by atoms with Crippen molar-refractivity contribution in [1.82, 2.24) is 20.4 Å². The predicted molar refractivity (Wildman–Crippen MR) is 81.7 cm³/mol. The highest BCUT2D eigenvalue weighted by atomic mass is 16.5. The van der Waals surface area contributed by atoms with Crippen molar-refractivity contribution in [3.63, 3.8) is 0 Å². The quantitative estimate of drug-likeness (QED) is 0.913. The summed E-state index contributed by atoms with van der Waals surface area (Å²) in [5, 5.41) is 7.35. The minimum atomic E-state index is 0.675. The molecule has 21 heavy (non-hydrogen) atoms. The molecule has 5 heteroatoms. The fourth-order valence-corrected chi connectivity index (χ4v) is 2.97. The van der Waals surface area contributed by atoms with Crippen molar-refractivity contribution in [3.8, 4) is 11.4 Å². The Morgan fingerprint density at radius 2 is 2.19 bits per heavy atom. The number of likely N-dealkylation sites (tertiary alicyclic amines) is 1. The number of aromatic nitrogens is 2. The van der Waals surface area contributed by atoms with E-state index in [4.69, 9.17) is 4.52 Å². The lowest BCUT2D eigenvalue weighted by molar-refractivity contribution is 0.149. The van der Waals surface area contributed by atoms with E-state index < -0.39 is 0 Å². The van der Waals surface area contributed by atoms with E-state index in [1.54, 1.807) is 0 Å². The smallest absolute Gasteiger partial charge is 0.241 e. The summed E-state index contributed by atoms with van der Waals surface area (Å²) < 4.78 is 5.40. The molecule has 1 saturated heterocycles. The van der Waals surface area contributed by atoms with Gasteiger partial charge in [-0.1, -0.05) is 35.5 Å². The van der Waals surface area contributed by atoms with Crippen LogP contribution in [0, 0.1) is 5.92 Å². The van der Waals surface area contributed by atoms with E-state index in [1.165, 1.54) is 12.8 Å². The largest absolute Gasteiger partial charge is 0.338 e. The second-order valence-electron chi connectivity index (χ2n) is 5.68. The van der Waals surface area contributed by atoms with Gasteiger partial charge in [-0.3, -0.25) is 4.90 Å². The topological polar surface area (TPSA) is 54.2 Å². The van der Waals surface area contributed by atoms with Gasteiger partial charge in [-0.25, -0.2) is 0 Å². The lowest BCUT2D eigenvalue weighted by Crippen LogP contribution is -2.38. The van der Waals surface area contributed by atoms with Crippen LogP contribution in [0.1, 0.15) is 18.7 Å². The molecule has 0 amide bonds. The monoisotopic (exact) mass is 286 g/mol. The molecule has 2 aromatic rings. The molecule has 5 nitrogen and oxygen atoms in total. The number of nitrogens with zero attached hydrogens (tertiary/aromatic N) is 3. The summed E-state index contributed by atoms with van der Waals surface area (Å²) in [7, 11) is 2.02. The molecule has 0 aliphatic carbocycles. The second kappa shape index (κ2) is 6.83. The van der Waals surface area contributed by atoms with Crippen LogP contribution in [0.5, 0.6) is 0 Å². The molecule has 0 radical (unpaired) electrons. The van der Waals surface area contributed by atoms with E-state index in [2.05, 4.69) is 20.4 Å². The molecule has 1 aliphatic heterocycles. The van der Waals surface area contributed by atoms with Crippen LogP contribution in [0.2, 0.25) is 0 Å². The Morgan fingerprint density at radius 3 is 3.00 bits per heavy atom. The number of nitrogens with one attached hydrogen (secondary N) is 1. The van der Waals surface area contributed by atoms with E-state index in [0.717, 1.165) is 37.7 Å². The third-order valence-electron chi connectivity index (χ3n) is 3.95. The highest BCUT2D eigenvalue weighted by molar-refractivity contribution is 5.53. The number of benzene rings is 1. The maximum Gasteiger partial charge on any atom is 0.241 e. The van der Waals surface area contributed by atoms with E-state index in [1.807, 2.05) is 37.4 Å². The summed E-state index contributed by atoms with van der Waals surface area (Å²) in [6.07, 6.45) is 2.54. The molecule has 1 unspecified atom stereocenters. The molecule has 1 atom stereocenters. The van der Waals surface area contributed by atoms with E-state index in [-0.39, 0.29) is 0 Å². The molecular weight excluding hydrogens is 264 g/mol. The maximum absolute atomic E-state index is 5.40. The molecule has 1 aromatic carbocycles. The normalized spacial score (nSPS) is 19.8. The van der Waals surface area contributed by atoms with Gasteiger partial charge in [0, 0.05) is 12.1 Å². The first-order chi connectivity index (χ1) is 10.3. The molecule has 0 bridgehead atoms. The van der Waals surface area contributed by atoms with Crippen molar-refractivity contribution in [2.75, 3.05) is 26.7 Å². The van der Waals surface area contributed by atoms with Crippen LogP contribution < -0.4 is 5.32 Å². The van der Waals surface area contributed by atoms with Crippen molar-refractivity contribution < 1.29 is 4.52 Å². The molecule has 1 aromatic heterocycles. The molecule has 2 heterocycles. The summed E-state index contributed by atoms with van der Waals surface area (Å²) >= 11 is 0. The predicted octanol–water partition coefficient (Wildman–Crippen LogP) is 2.17. The SMILES string of the molecule is CNCC1CCCN(Cc2nc(-c3ccccc3)no2)C1. The third kappa shape index (κ3) is 3.68. The minimum absolute atomic E-state index is 0.675. The van der Waals surface area contributed by atoms with Crippen LogP contribution in [0.15, 0.2) is 34.9 Å². The van der Waals surface area contributed by atoms with Crippen LogP contribution in [-0.2, 0) is 6.54 Å². The summed E-state index contributed by atoms with van der Waals surface area (Å²) in [6, 6.07) is 9.95. The zero-order valence-corrected chi connectivity index (χ0v) is 12.5. The highest BCUT2D eigenvalue weighted by Crippen LogP contribution is 2.19. The molecule has 0 saturated carbocycles. The molecule has 1 fully saturated rings. The Morgan fingerprint density at radius 1 is 1.33 bits per heavy atom. The van der Waals surface area contributed by atoms with Gasteiger partial charge in [-0.2, -0.15) is 4.98 Å². The fraction of sp³-hybridized carbons (Fsp3) is 0.500. The van der Waals surface area contributed by atoms with Crippen LogP contribution in [-0.4, -0.2) is 41.7 Å². The third-order valence-corrected chi connectivity index (χ3v) is 3.95. The molecule has 3 rings (SSSR count). The first-order valence-corrected chi connectivity index (χ1v) is 7.60. The van der Waals surface area contributed by atoms with Crippen LogP contribution in [0.3, 0.4) is 0 Å². The Bertz CT molecular complexity index is 552. The zero-order chi connectivity index (χ0) is 14.5. The Hall–Kier alpha value is -1.72. The van der Waals surface area contributed by atoms with E-state index in [0.29, 0.717) is 11.7 Å². The standard InChI is InChI=1S/C16H22N4O/c1-17-10-13-6-5-9-20(11-13)12-15-18-16(19-21-15)14-7-3-2-4-8-14/h2-4,7-8,13,17H,5-6,9-12H2,1H3. The zero-order valence-electron chi connectivity index (χ0n) is 12.5. The van der Waals surface area contributed by atoms with Gasteiger partial charge in [-0.15, -0.1) is 0 Å². The average Bonchev–Trinajstić information content (AvgIpc) is 2.97. The van der Waals surface area contributed by atoms with Crippen LogP contribution in [0.4, 0.5) is 0 Å². The van der Waals surface area contributed by atoms with Crippen molar-refractivity contribution in [1.29, 1.82) is 0 Å². The second-order valence-corrected chi connectivity index (χ2v) is 5.68. The minimum Gasteiger partial charge on any atom is -0.338 e. The fourth-order valence-electron chi connectivity index (χ4n) is 2.97. The first kappa shape index (κ1) is 14.2. The molecular formula is C16H22N4O. The van der Waals surface area contributed by atoms with Gasteiger partial charge in [0.25, 0.3) is 0 Å². The van der Waals surface area contributed by atoms with Crippen molar-refractivity contribution in [2.24, 2.45) is 5.92 Å². The lowest BCUT2D eigenvalue weighted by atomic mass is 9.98. The van der Waals surface area contributed by atoms with Crippen LogP contribution in [0.25, 0.3) is 11.4 Å². The highest BCUT2D eigenvalue weighted by Gasteiger charge is 2.21. The van der Waals surface area contributed by atoms with Gasteiger partial charge >= 0.3 is 0 Å². The summed E-state index contributed by atoms with van der Waals surface area (Å²) in [4.78, 5) is 6.92. The van der Waals surface area contributed by atoms with Gasteiger partial charge < -0.3 is 9.84 Å². The Labute approximate surface area is 125 Å². The van der Waals surface area contributed by atoms with Gasteiger partial charge in [0.05, 0.1) is 6.54 Å². The van der Waals surface area contributed by atoms with E-state index in [9.17, 15) is 0 Å². The average molecular weight is 286 g/mol. The lowest BCUT2D eigenvalue weighted by Gasteiger charge is -2.31. The van der Waals surface area contributed by atoms with E-state index >= 15 is 0 Å². The number of hydrogen-bond donors (Lipinski definition) is 1. The van der Waals surface area contributed by atoms with Crippen molar-refractivity contribution in [3.05, 3.63) is 36.2 Å². The summed E-state index contributed by atoms with van der Waals surface area (Å²) in [5.74, 6) is 2.11. The van der Waals surface area contributed by atoms with Gasteiger partial charge in [-0.05, 0) is 38.9 Å². The summed E-state index contributed by atoms with van der Waals surface area (Å²) in [6.45, 7) is 4.04. The number of rotatable bonds is 5. The van der Waals surface area contributed by atoms with Gasteiger partial charge in [0.1, 0.15) is 0 Å².